The molecule has 29 heavy (non-hydrogen) atoms. The van der Waals surface area contributed by atoms with Gasteiger partial charge in [0.05, 0.1) is 5.92 Å². The van der Waals surface area contributed by atoms with Crippen molar-refractivity contribution in [3.63, 3.8) is 0 Å². The molecule has 0 spiro atoms. The maximum atomic E-state index is 13.5. The van der Waals surface area contributed by atoms with Crippen molar-refractivity contribution in [3.05, 3.63) is 65.5 Å². The normalized spacial score (nSPS) is 16.8. The highest BCUT2D eigenvalue weighted by molar-refractivity contribution is 6.01. The first-order chi connectivity index (χ1) is 14.0. The Hall–Kier alpha value is -2.73. The van der Waals surface area contributed by atoms with Crippen LogP contribution in [0.25, 0.3) is 0 Å². The lowest BCUT2D eigenvalue weighted by molar-refractivity contribution is -0.126. The summed E-state index contributed by atoms with van der Waals surface area (Å²) >= 11 is 0. The van der Waals surface area contributed by atoms with Gasteiger partial charge < -0.3 is 10.6 Å². The largest absolute Gasteiger partial charge is 0.354 e. The number of anilines is 1. The molecule has 1 heterocycles. The van der Waals surface area contributed by atoms with Crippen LogP contribution in [0, 0.1) is 5.82 Å². The molecule has 0 aliphatic carbocycles. The second-order valence-electron chi connectivity index (χ2n) is 7.35. The SMILES string of the molecule is CCN(CC)C(CNC(=O)C1CC(=O)Nc2cc(F)ccc21)Cc1ccccc1. The maximum absolute atomic E-state index is 13.5. The molecule has 1 aliphatic heterocycles. The summed E-state index contributed by atoms with van der Waals surface area (Å²) < 4.78 is 13.5. The van der Waals surface area contributed by atoms with Crippen molar-refractivity contribution in [2.75, 3.05) is 25.0 Å². The van der Waals surface area contributed by atoms with Crippen LogP contribution in [0.4, 0.5) is 10.1 Å². The van der Waals surface area contributed by atoms with Crippen LogP contribution in [0.1, 0.15) is 37.3 Å². The Morgan fingerprint density at radius 1 is 1.21 bits per heavy atom. The number of nitrogens with one attached hydrogen (secondary N) is 2. The molecular weight excluding hydrogens is 369 g/mol. The first-order valence-electron chi connectivity index (χ1n) is 10.2. The number of hydrogen-bond donors (Lipinski definition) is 2. The molecule has 154 valence electrons. The van der Waals surface area contributed by atoms with Gasteiger partial charge in [0.2, 0.25) is 11.8 Å². The van der Waals surface area contributed by atoms with Gasteiger partial charge in [-0.15, -0.1) is 0 Å². The molecule has 0 saturated heterocycles. The monoisotopic (exact) mass is 397 g/mol. The van der Waals surface area contributed by atoms with Gasteiger partial charge in [-0.05, 0) is 42.8 Å². The lowest BCUT2D eigenvalue weighted by atomic mass is 9.89. The summed E-state index contributed by atoms with van der Waals surface area (Å²) in [6.07, 6.45) is 0.898. The van der Waals surface area contributed by atoms with Crippen molar-refractivity contribution in [2.45, 2.75) is 38.6 Å². The maximum Gasteiger partial charge on any atom is 0.228 e. The fourth-order valence-corrected chi connectivity index (χ4v) is 3.97. The summed E-state index contributed by atoms with van der Waals surface area (Å²) in [5.74, 6) is -1.51. The zero-order chi connectivity index (χ0) is 20.8. The number of carbonyl (C=O) groups excluding carboxylic acids is 2. The first-order valence-corrected chi connectivity index (χ1v) is 10.2. The molecule has 6 heteroatoms. The first kappa shape index (κ1) is 21.0. The van der Waals surface area contributed by atoms with Crippen molar-refractivity contribution in [3.8, 4) is 0 Å². The van der Waals surface area contributed by atoms with E-state index in [1.54, 1.807) is 6.07 Å². The molecular formula is C23H28FN3O2. The molecule has 2 aromatic rings. The molecule has 0 saturated carbocycles. The summed E-state index contributed by atoms with van der Waals surface area (Å²) in [7, 11) is 0. The Labute approximate surface area is 171 Å². The van der Waals surface area contributed by atoms with Gasteiger partial charge in [-0.25, -0.2) is 4.39 Å². The van der Waals surface area contributed by atoms with Crippen LogP contribution in [-0.2, 0) is 16.0 Å². The van der Waals surface area contributed by atoms with Gasteiger partial charge in [0.1, 0.15) is 5.82 Å². The smallest absolute Gasteiger partial charge is 0.228 e. The number of amides is 2. The van der Waals surface area contributed by atoms with Crippen LogP contribution in [0.15, 0.2) is 48.5 Å². The highest BCUT2D eigenvalue weighted by atomic mass is 19.1. The van der Waals surface area contributed by atoms with Crippen molar-refractivity contribution < 1.29 is 14.0 Å². The minimum absolute atomic E-state index is 0.0685. The molecule has 2 atom stereocenters. The van der Waals surface area contributed by atoms with E-state index in [2.05, 4.69) is 41.5 Å². The lowest BCUT2D eigenvalue weighted by Gasteiger charge is -2.31. The molecule has 2 N–H and O–H groups in total. The number of rotatable bonds is 8. The third-order valence-corrected chi connectivity index (χ3v) is 5.53. The minimum Gasteiger partial charge on any atom is -0.354 e. The van der Waals surface area contributed by atoms with E-state index in [4.69, 9.17) is 0 Å². The predicted molar refractivity (Wildman–Crippen MR) is 112 cm³/mol. The van der Waals surface area contributed by atoms with Gasteiger partial charge in [-0.3, -0.25) is 14.5 Å². The summed E-state index contributed by atoms with van der Waals surface area (Å²) in [6, 6.07) is 14.5. The van der Waals surface area contributed by atoms with E-state index in [-0.39, 0.29) is 24.3 Å². The molecule has 0 radical (unpaired) electrons. The molecule has 1 aliphatic rings. The van der Waals surface area contributed by atoms with Crippen molar-refractivity contribution in [2.24, 2.45) is 0 Å². The molecule has 3 rings (SSSR count). The van der Waals surface area contributed by atoms with Gasteiger partial charge in [0, 0.05) is 24.7 Å². The van der Waals surface area contributed by atoms with Crippen LogP contribution in [-0.4, -0.2) is 42.4 Å². The zero-order valence-corrected chi connectivity index (χ0v) is 17.0. The fourth-order valence-electron chi connectivity index (χ4n) is 3.97. The van der Waals surface area contributed by atoms with E-state index in [0.29, 0.717) is 17.8 Å². The number of likely N-dealkylation sites (N-methyl/N-ethyl adjacent to an activating group) is 1. The van der Waals surface area contributed by atoms with E-state index in [0.717, 1.165) is 19.5 Å². The average molecular weight is 397 g/mol. The Kier molecular flexibility index (Phi) is 6.99. The number of fused-ring (bicyclic) bond motifs is 1. The van der Waals surface area contributed by atoms with Crippen LogP contribution in [0.5, 0.6) is 0 Å². The number of halogens is 1. The van der Waals surface area contributed by atoms with E-state index >= 15 is 0 Å². The second kappa shape index (κ2) is 9.65. The van der Waals surface area contributed by atoms with Crippen LogP contribution < -0.4 is 10.6 Å². The molecule has 0 fully saturated rings. The Morgan fingerprint density at radius 3 is 2.62 bits per heavy atom. The summed E-state index contributed by atoms with van der Waals surface area (Å²) in [6.45, 7) is 6.48. The number of hydrogen-bond acceptors (Lipinski definition) is 3. The summed E-state index contributed by atoms with van der Waals surface area (Å²) in [5, 5.41) is 5.70. The lowest BCUT2D eigenvalue weighted by Crippen LogP contribution is -2.46. The quantitative estimate of drug-likeness (QED) is 0.718. The third-order valence-electron chi connectivity index (χ3n) is 5.53. The van der Waals surface area contributed by atoms with E-state index in [1.807, 2.05) is 18.2 Å². The predicted octanol–water partition coefficient (Wildman–Crippen LogP) is 3.32. The van der Waals surface area contributed by atoms with Crippen LogP contribution in [0.2, 0.25) is 0 Å². The Balaban J connectivity index is 1.72. The highest BCUT2D eigenvalue weighted by Gasteiger charge is 2.31. The Morgan fingerprint density at radius 2 is 1.93 bits per heavy atom. The van der Waals surface area contributed by atoms with Gasteiger partial charge in [0.15, 0.2) is 0 Å². The number of nitrogens with zero attached hydrogens (tertiary/aromatic N) is 1. The fraction of sp³-hybridized carbons (Fsp3) is 0.391. The van der Waals surface area contributed by atoms with Crippen molar-refractivity contribution >= 4 is 17.5 Å². The Bertz CT molecular complexity index is 852. The average Bonchev–Trinajstić information content (AvgIpc) is 2.72. The zero-order valence-electron chi connectivity index (χ0n) is 17.0. The molecule has 2 amide bonds. The van der Waals surface area contributed by atoms with E-state index in [9.17, 15) is 14.0 Å². The second-order valence-corrected chi connectivity index (χ2v) is 7.35. The number of benzene rings is 2. The van der Waals surface area contributed by atoms with Gasteiger partial charge in [0.25, 0.3) is 0 Å². The molecule has 5 nitrogen and oxygen atoms in total. The van der Waals surface area contributed by atoms with Crippen LogP contribution >= 0.6 is 0 Å². The van der Waals surface area contributed by atoms with E-state index in [1.165, 1.54) is 17.7 Å². The van der Waals surface area contributed by atoms with Crippen molar-refractivity contribution in [1.29, 1.82) is 0 Å². The highest BCUT2D eigenvalue weighted by Crippen LogP contribution is 2.32. The van der Waals surface area contributed by atoms with Gasteiger partial charge >= 0.3 is 0 Å². The van der Waals surface area contributed by atoms with E-state index < -0.39 is 11.7 Å². The van der Waals surface area contributed by atoms with Gasteiger partial charge in [-0.2, -0.15) is 0 Å². The molecule has 0 aromatic heterocycles. The number of carbonyl (C=O) groups is 2. The van der Waals surface area contributed by atoms with Crippen LogP contribution in [0.3, 0.4) is 0 Å². The molecule has 2 aromatic carbocycles. The summed E-state index contributed by atoms with van der Waals surface area (Å²) in [5.41, 5.74) is 2.26. The molecule has 0 bridgehead atoms. The minimum atomic E-state index is -0.603. The molecule has 2 unspecified atom stereocenters. The topological polar surface area (TPSA) is 61.4 Å². The third kappa shape index (κ3) is 5.21. The summed E-state index contributed by atoms with van der Waals surface area (Å²) in [4.78, 5) is 27.3. The van der Waals surface area contributed by atoms with Crippen molar-refractivity contribution in [1.82, 2.24) is 10.2 Å². The standard InChI is InChI=1S/C23H28FN3O2/c1-3-27(4-2)18(12-16-8-6-5-7-9-16)15-25-23(29)20-14-22(28)26-21-13-17(24)10-11-19(20)21/h5-11,13,18,20H,3-4,12,14-15H2,1-2H3,(H,25,29)(H,26,28). The van der Waals surface area contributed by atoms with Gasteiger partial charge in [-0.1, -0.05) is 50.2 Å².